The largest absolute Gasteiger partial charge is 0.468 e. The highest BCUT2D eigenvalue weighted by molar-refractivity contribution is 5.13. The molecule has 2 rings (SSSR count). The van der Waals surface area contributed by atoms with Gasteiger partial charge in [-0.25, -0.2) is 0 Å². The maximum absolute atomic E-state index is 5.63. The average molecular weight is 290 g/mol. The molecule has 4 nitrogen and oxygen atoms in total. The molecule has 21 heavy (non-hydrogen) atoms. The van der Waals surface area contributed by atoms with E-state index in [1.54, 1.807) is 0 Å². The van der Waals surface area contributed by atoms with E-state index in [2.05, 4.69) is 44.1 Å². The lowest BCUT2D eigenvalue weighted by atomic mass is 10.1. The first kappa shape index (κ1) is 15.9. The van der Waals surface area contributed by atoms with Gasteiger partial charge in [-0.15, -0.1) is 0 Å². The highest BCUT2D eigenvalue weighted by atomic mass is 16.3. The van der Waals surface area contributed by atoms with Crippen LogP contribution in [0.4, 0.5) is 0 Å². The van der Waals surface area contributed by atoms with Crippen LogP contribution >= 0.6 is 0 Å². The van der Waals surface area contributed by atoms with Gasteiger partial charge < -0.3 is 14.2 Å². The quantitative estimate of drug-likeness (QED) is 0.880. The van der Waals surface area contributed by atoms with Crippen molar-refractivity contribution in [2.24, 2.45) is 0 Å². The van der Waals surface area contributed by atoms with Crippen molar-refractivity contribution >= 4 is 0 Å². The summed E-state index contributed by atoms with van der Waals surface area (Å²) in [5, 5.41) is 3.46. The molecule has 2 aromatic heterocycles. The van der Waals surface area contributed by atoms with Gasteiger partial charge in [0.15, 0.2) is 0 Å². The number of rotatable bonds is 6. The van der Waals surface area contributed by atoms with Crippen LogP contribution in [0.2, 0.25) is 0 Å². The van der Waals surface area contributed by atoms with Crippen LogP contribution in [0, 0.1) is 6.92 Å². The van der Waals surface area contributed by atoms with Crippen molar-refractivity contribution in [1.82, 2.24) is 10.2 Å². The Balaban J connectivity index is 1.84. The van der Waals surface area contributed by atoms with E-state index in [1.165, 1.54) is 5.56 Å². The number of aryl methyl sites for hydroxylation is 1. The van der Waals surface area contributed by atoms with E-state index in [-0.39, 0.29) is 5.54 Å². The fourth-order valence-electron chi connectivity index (χ4n) is 2.13. The van der Waals surface area contributed by atoms with Crippen molar-refractivity contribution in [3.63, 3.8) is 0 Å². The first-order valence-electron chi connectivity index (χ1n) is 7.37. The van der Waals surface area contributed by atoms with Gasteiger partial charge in [-0.2, -0.15) is 0 Å². The molecule has 0 aliphatic heterocycles. The summed E-state index contributed by atoms with van der Waals surface area (Å²) in [7, 11) is 2.06. The Labute approximate surface area is 127 Å². The van der Waals surface area contributed by atoms with Crippen LogP contribution in [0.3, 0.4) is 0 Å². The Bertz CT molecular complexity index is 563. The summed E-state index contributed by atoms with van der Waals surface area (Å²) >= 11 is 0. The van der Waals surface area contributed by atoms with Crippen molar-refractivity contribution in [1.29, 1.82) is 0 Å². The van der Waals surface area contributed by atoms with Gasteiger partial charge in [0.25, 0.3) is 0 Å². The molecule has 0 aliphatic carbocycles. The second-order valence-corrected chi connectivity index (χ2v) is 6.71. The Morgan fingerprint density at radius 2 is 1.86 bits per heavy atom. The fraction of sp³-hybridized carbons (Fsp3) is 0.529. The molecular weight excluding hydrogens is 264 g/mol. The predicted molar refractivity (Wildman–Crippen MR) is 83.9 cm³/mol. The molecule has 4 heteroatoms. The molecule has 0 unspecified atom stereocenters. The van der Waals surface area contributed by atoms with Gasteiger partial charge in [0, 0.05) is 17.6 Å². The normalized spacial score (nSPS) is 12.3. The van der Waals surface area contributed by atoms with Gasteiger partial charge in [0.2, 0.25) is 0 Å². The van der Waals surface area contributed by atoms with E-state index in [0.29, 0.717) is 0 Å². The van der Waals surface area contributed by atoms with Gasteiger partial charge in [0.1, 0.15) is 17.3 Å². The van der Waals surface area contributed by atoms with Crippen LogP contribution in [0.5, 0.6) is 0 Å². The molecule has 1 N–H and O–H groups in total. The number of nitrogens with zero attached hydrogens (tertiary/aromatic N) is 1. The molecule has 0 radical (unpaired) electrons. The van der Waals surface area contributed by atoms with E-state index in [9.17, 15) is 0 Å². The summed E-state index contributed by atoms with van der Waals surface area (Å²) in [4.78, 5) is 2.18. The Kier molecular flexibility index (Phi) is 4.91. The third-order valence-electron chi connectivity index (χ3n) is 3.18. The van der Waals surface area contributed by atoms with Crippen LogP contribution < -0.4 is 5.32 Å². The Hall–Kier alpha value is -1.52. The minimum Gasteiger partial charge on any atom is -0.468 e. The van der Waals surface area contributed by atoms with E-state index >= 15 is 0 Å². The zero-order valence-electron chi connectivity index (χ0n) is 13.7. The summed E-state index contributed by atoms with van der Waals surface area (Å²) in [6, 6.07) is 6.13. The molecule has 0 atom stereocenters. The third kappa shape index (κ3) is 5.40. The minimum absolute atomic E-state index is 0.116. The van der Waals surface area contributed by atoms with Crippen LogP contribution in [-0.4, -0.2) is 17.5 Å². The smallest absolute Gasteiger partial charge is 0.118 e. The molecule has 0 aliphatic rings. The summed E-state index contributed by atoms with van der Waals surface area (Å²) in [6.07, 6.45) is 1.83. The maximum Gasteiger partial charge on any atom is 0.118 e. The van der Waals surface area contributed by atoms with Crippen molar-refractivity contribution < 1.29 is 8.83 Å². The minimum atomic E-state index is 0.116. The molecular formula is C17H26N2O2. The van der Waals surface area contributed by atoms with Crippen molar-refractivity contribution in [3.8, 4) is 0 Å². The lowest BCUT2D eigenvalue weighted by Crippen LogP contribution is -2.34. The molecule has 2 heterocycles. The monoisotopic (exact) mass is 290 g/mol. The molecule has 0 amide bonds. The standard InChI is InChI=1S/C17H26N2O2/c1-13-6-7-15(21-13)10-19(5)11-16-8-14(12-20-16)9-18-17(2,3)4/h6-8,12,18H,9-11H2,1-5H3. The van der Waals surface area contributed by atoms with Gasteiger partial charge in [-0.1, -0.05) is 0 Å². The zero-order valence-corrected chi connectivity index (χ0v) is 13.7. The number of furan rings is 2. The lowest BCUT2D eigenvalue weighted by Gasteiger charge is -2.19. The van der Waals surface area contributed by atoms with Crippen LogP contribution in [0.15, 0.2) is 33.3 Å². The van der Waals surface area contributed by atoms with E-state index in [0.717, 1.165) is 36.9 Å². The summed E-state index contributed by atoms with van der Waals surface area (Å²) in [5.41, 5.74) is 1.30. The molecule has 0 saturated heterocycles. The number of hydrogen-bond acceptors (Lipinski definition) is 4. The highest BCUT2D eigenvalue weighted by Gasteiger charge is 2.11. The number of hydrogen-bond donors (Lipinski definition) is 1. The maximum atomic E-state index is 5.63. The summed E-state index contributed by atoms with van der Waals surface area (Å²) < 4.78 is 11.2. The van der Waals surface area contributed by atoms with Crippen molar-refractivity contribution in [2.45, 2.75) is 52.9 Å². The van der Waals surface area contributed by atoms with E-state index < -0.39 is 0 Å². The van der Waals surface area contributed by atoms with Gasteiger partial charge in [-0.3, -0.25) is 4.90 Å². The van der Waals surface area contributed by atoms with E-state index in [4.69, 9.17) is 8.83 Å². The van der Waals surface area contributed by atoms with Gasteiger partial charge in [0.05, 0.1) is 19.4 Å². The van der Waals surface area contributed by atoms with Crippen LogP contribution in [-0.2, 0) is 19.6 Å². The topological polar surface area (TPSA) is 41.5 Å². The van der Waals surface area contributed by atoms with Crippen LogP contribution in [0.1, 0.15) is 43.6 Å². The fourth-order valence-corrected chi connectivity index (χ4v) is 2.13. The van der Waals surface area contributed by atoms with Crippen molar-refractivity contribution in [2.75, 3.05) is 7.05 Å². The zero-order chi connectivity index (χ0) is 15.5. The average Bonchev–Trinajstić information content (AvgIpc) is 2.95. The SMILES string of the molecule is Cc1ccc(CN(C)Cc2cc(CNC(C)(C)C)co2)o1. The summed E-state index contributed by atoms with van der Waals surface area (Å²) in [6.45, 7) is 10.8. The molecule has 0 bridgehead atoms. The first-order chi connectivity index (χ1) is 9.82. The Morgan fingerprint density at radius 1 is 1.14 bits per heavy atom. The third-order valence-corrected chi connectivity index (χ3v) is 3.18. The molecule has 0 saturated carbocycles. The highest BCUT2D eigenvalue weighted by Crippen LogP contribution is 2.14. The molecule has 2 aromatic rings. The second-order valence-electron chi connectivity index (χ2n) is 6.71. The second kappa shape index (κ2) is 6.50. The van der Waals surface area contributed by atoms with Crippen LogP contribution in [0.25, 0.3) is 0 Å². The van der Waals surface area contributed by atoms with E-state index in [1.807, 2.05) is 25.3 Å². The van der Waals surface area contributed by atoms with Crippen molar-refractivity contribution in [3.05, 3.63) is 47.3 Å². The lowest BCUT2D eigenvalue weighted by molar-refractivity contribution is 0.263. The molecule has 0 spiro atoms. The molecule has 116 valence electrons. The number of nitrogens with one attached hydrogen (secondary N) is 1. The molecule has 0 fully saturated rings. The Morgan fingerprint density at radius 3 is 2.48 bits per heavy atom. The predicted octanol–water partition coefficient (Wildman–Crippen LogP) is 3.70. The van der Waals surface area contributed by atoms with Gasteiger partial charge >= 0.3 is 0 Å². The first-order valence-corrected chi connectivity index (χ1v) is 7.37. The summed E-state index contributed by atoms with van der Waals surface area (Å²) in [5.74, 6) is 2.91. The van der Waals surface area contributed by atoms with Gasteiger partial charge in [-0.05, 0) is 52.9 Å². The molecule has 0 aromatic carbocycles.